The van der Waals surface area contributed by atoms with Gasteiger partial charge in [0.1, 0.15) is 11.6 Å². The number of fused-ring (bicyclic) bond motifs is 1. The molecule has 0 aliphatic carbocycles. The van der Waals surface area contributed by atoms with Crippen LogP contribution in [0.3, 0.4) is 0 Å². The molecule has 0 unspecified atom stereocenters. The molecular formula is C14H6F3N5O2S. The molecule has 2 aromatic rings. The first-order valence-electron chi connectivity index (χ1n) is 6.58. The number of hydrogen-bond donors (Lipinski definition) is 2. The maximum atomic E-state index is 12.5. The van der Waals surface area contributed by atoms with Crippen LogP contribution in [-0.4, -0.2) is 22.0 Å². The van der Waals surface area contributed by atoms with Gasteiger partial charge in [-0.15, -0.1) is 10.2 Å². The Labute approximate surface area is 141 Å². The summed E-state index contributed by atoms with van der Waals surface area (Å²) in [5.74, 6) is -1.70. The van der Waals surface area contributed by atoms with Crippen molar-refractivity contribution in [1.29, 1.82) is 5.26 Å². The maximum absolute atomic E-state index is 12.5. The topological polar surface area (TPSA) is 108 Å². The molecule has 25 heavy (non-hydrogen) atoms. The number of aromatic nitrogens is 2. The highest BCUT2D eigenvalue weighted by molar-refractivity contribution is 7.15. The molecule has 1 aromatic heterocycles. The Morgan fingerprint density at radius 2 is 2.00 bits per heavy atom. The number of rotatable bonds is 2. The van der Waals surface area contributed by atoms with Crippen molar-refractivity contribution >= 4 is 39.5 Å². The van der Waals surface area contributed by atoms with Crippen molar-refractivity contribution in [2.75, 3.05) is 10.6 Å². The average Bonchev–Trinajstić information content (AvgIpc) is 3.13. The lowest BCUT2D eigenvalue weighted by molar-refractivity contribution is -0.138. The van der Waals surface area contributed by atoms with Gasteiger partial charge in [0.15, 0.2) is 0 Å². The third-order valence-corrected chi connectivity index (χ3v) is 4.03. The van der Waals surface area contributed by atoms with Crippen LogP contribution in [0.25, 0.3) is 5.57 Å². The van der Waals surface area contributed by atoms with E-state index in [1.54, 1.807) is 30.3 Å². The highest BCUT2D eigenvalue weighted by Crippen LogP contribution is 2.35. The van der Waals surface area contributed by atoms with E-state index in [2.05, 4.69) is 20.8 Å². The molecule has 1 aliphatic heterocycles. The SMILES string of the molecule is N#C/C(C(=O)Nc1nnc(C(F)(F)F)s1)=C1\C(=O)Nc2ccccc21. The smallest absolute Gasteiger partial charge is 0.321 e. The molecule has 3 rings (SSSR count). The number of amides is 2. The molecule has 7 nitrogen and oxygen atoms in total. The summed E-state index contributed by atoms with van der Waals surface area (Å²) in [5.41, 5.74) is 0.0909. The zero-order chi connectivity index (χ0) is 18.2. The molecule has 0 bridgehead atoms. The molecule has 126 valence electrons. The van der Waals surface area contributed by atoms with E-state index in [1.165, 1.54) is 0 Å². The fourth-order valence-electron chi connectivity index (χ4n) is 2.13. The number of carbonyl (C=O) groups excluding carboxylic acids is 2. The number of nitriles is 1. The van der Waals surface area contributed by atoms with Crippen LogP contribution in [0.1, 0.15) is 10.6 Å². The minimum atomic E-state index is -4.69. The van der Waals surface area contributed by atoms with Gasteiger partial charge in [-0.25, -0.2) is 0 Å². The van der Waals surface area contributed by atoms with Gasteiger partial charge < -0.3 is 5.32 Å². The third-order valence-electron chi connectivity index (χ3n) is 3.15. The van der Waals surface area contributed by atoms with Gasteiger partial charge >= 0.3 is 6.18 Å². The van der Waals surface area contributed by atoms with E-state index in [-0.39, 0.29) is 16.9 Å². The van der Waals surface area contributed by atoms with Crippen molar-refractivity contribution in [3.8, 4) is 6.07 Å². The lowest BCUT2D eigenvalue weighted by Gasteiger charge is -2.03. The molecule has 1 aromatic carbocycles. The van der Waals surface area contributed by atoms with Crippen LogP contribution >= 0.6 is 11.3 Å². The second-order valence-corrected chi connectivity index (χ2v) is 5.70. The number of halogens is 3. The van der Waals surface area contributed by atoms with Gasteiger partial charge in [-0.2, -0.15) is 18.4 Å². The maximum Gasteiger partial charge on any atom is 0.445 e. The quantitative estimate of drug-likeness (QED) is 0.628. The zero-order valence-electron chi connectivity index (χ0n) is 12.0. The van der Waals surface area contributed by atoms with E-state index >= 15 is 0 Å². The van der Waals surface area contributed by atoms with Crippen molar-refractivity contribution in [1.82, 2.24) is 10.2 Å². The van der Waals surface area contributed by atoms with Crippen molar-refractivity contribution < 1.29 is 22.8 Å². The van der Waals surface area contributed by atoms with Gasteiger partial charge in [0.25, 0.3) is 11.8 Å². The summed E-state index contributed by atoms with van der Waals surface area (Å²) in [7, 11) is 0. The highest BCUT2D eigenvalue weighted by atomic mass is 32.1. The standard InChI is InChI=1S/C14H6F3N5O2S/c15-14(16,17)12-21-22-13(25-12)20-10(23)7(5-18)9-6-3-1-2-4-8(6)19-11(9)24/h1-4H,(H,19,24)(H,20,22,23)/b9-7+. The number of para-hydroxylation sites is 1. The van der Waals surface area contributed by atoms with Crippen LogP contribution < -0.4 is 10.6 Å². The molecule has 0 radical (unpaired) electrons. The predicted molar refractivity (Wildman–Crippen MR) is 81.1 cm³/mol. The first-order chi connectivity index (χ1) is 11.8. The number of anilines is 2. The Bertz CT molecular complexity index is 958. The molecule has 2 N–H and O–H groups in total. The zero-order valence-corrected chi connectivity index (χ0v) is 12.8. The van der Waals surface area contributed by atoms with E-state index in [9.17, 15) is 28.0 Å². The summed E-state index contributed by atoms with van der Waals surface area (Å²) >= 11 is 0.113. The van der Waals surface area contributed by atoms with Gasteiger partial charge in [0.05, 0.1) is 5.57 Å². The Hall–Kier alpha value is -3.26. The molecule has 11 heteroatoms. The Kier molecular flexibility index (Phi) is 3.97. The predicted octanol–water partition coefficient (Wildman–Crippen LogP) is 2.42. The second kappa shape index (κ2) is 5.99. The Morgan fingerprint density at radius 3 is 2.64 bits per heavy atom. The molecule has 1 aliphatic rings. The van der Waals surface area contributed by atoms with E-state index < -0.39 is 33.7 Å². The number of nitrogens with one attached hydrogen (secondary N) is 2. The van der Waals surface area contributed by atoms with Gasteiger partial charge in [-0.3, -0.25) is 14.9 Å². The van der Waals surface area contributed by atoms with Crippen molar-refractivity contribution in [2.45, 2.75) is 6.18 Å². The lowest BCUT2D eigenvalue weighted by Crippen LogP contribution is -2.17. The van der Waals surface area contributed by atoms with E-state index in [4.69, 9.17) is 0 Å². The molecular weight excluding hydrogens is 359 g/mol. The molecule has 2 amide bonds. The summed E-state index contributed by atoms with van der Waals surface area (Å²) in [4.78, 5) is 24.3. The first-order valence-corrected chi connectivity index (χ1v) is 7.40. The van der Waals surface area contributed by atoms with Crippen molar-refractivity contribution in [2.24, 2.45) is 0 Å². The fraction of sp³-hybridized carbons (Fsp3) is 0.0714. The molecule has 2 heterocycles. The monoisotopic (exact) mass is 365 g/mol. The van der Waals surface area contributed by atoms with E-state index in [0.29, 0.717) is 11.3 Å². The van der Waals surface area contributed by atoms with Crippen LogP contribution in [0.5, 0.6) is 0 Å². The lowest BCUT2D eigenvalue weighted by atomic mass is 10.0. The second-order valence-electron chi connectivity index (χ2n) is 4.73. The third kappa shape index (κ3) is 3.07. The van der Waals surface area contributed by atoms with Crippen LogP contribution in [0, 0.1) is 11.3 Å². The van der Waals surface area contributed by atoms with Crippen molar-refractivity contribution in [3.05, 3.63) is 40.4 Å². The molecule has 0 atom stereocenters. The fourth-order valence-corrected chi connectivity index (χ4v) is 2.74. The van der Waals surface area contributed by atoms with Crippen LogP contribution in [0.4, 0.5) is 24.0 Å². The highest BCUT2D eigenvalue weighted by Gasteiger charge is 2.36. The van der Waals surface area contributed by atoms with Crippen LogP contribution in [0.2, 0.25) is 0 Å². The van der Waals surface area contributed by atoms with Gasteiger partial charge in [-0.1, -0.05) is 29.5 Å². The van der Waals surface area contributed by atoms with Gasteiger partial charge in [-0.05, 0) is 6.07 Å². The summed E-state index contributed by atoms with van der Waals surface area (Å²) in [5, 5.41) is 18.3. The van der Waals surface area contributed by atoms with E-state index in [1.807, 2.05) is 0 Å². The summed E-state index contributed by atoms with van der Waals surface area (Å²) in [6.07, 6.45) is -4.69. The largest absolute Gasteiger partial charge is 0.445 e. The normalized spacial score (nSPS) is 15.2. The van der Waals surface area contributed by atoms with Crippen LogP contribution in [-0.2, 0) is 15.8 Å². The Balaban J connectivity index is 1.94. The number of alkyl halides is 3. The van der Waals surface area contributed by atoms with Crippen LogP contribution in [0.15, 0.2) is 29.8 Å². The minimum absolute atomic E-state index is 0.113. The average molecular weight is 365 g/mol. The molecule has 0 fully saturated rings. The summed E-state index contributed by atoms with van der Waals surface area (Å²) in [6, 6.07) is 8.02. The van der Waals surface area contributed by atoms with Gasteiger partial charge in [0, 0.05) is 11.3 Å². The molecule has 0 spiro atoms. The number of benzene rings is 1. The minimum Gasteiger partial charge on any atom is -0.321 e. The molecule has 0 saturated carbocycles. The van der Waals surface area contributed by atoms with E-state index in [0.717, 1.165) is 0 Å². The summed E-state index contributed by atoms with van der Waals surface area (Å²) in [6.45, 7) is 0. The Morgan fingerprint density at radius 1 is 1.28 bits per heavy atom. The summed E-state index contributed by atoms with van der Waals surface area (Å²) < 4.78 is 37.5. The molecule has 0 saturated heterocycles. The van der Waals surface area contributed by atoms with Crippen molar-refractivity contribution in [3.63, 3.8) is 0 Å². The number of nitrogens with zero attached hydrogens (tertiary/aromatic N) is 3. The first kappa shape index (κ1) is 16.6. The number of carbonyl (C=O) groups is 2. The number of hydrogen-bond acceptors (Lipinski definition) is 6. The van der Waals surface area contributed by atoms with Gasteiger partial charge in [0.2, 0.25) is 10.1 Å².